The zero-order chi connectivity index (χ0) is 20.9. The highest BCUT2D eigenvalue weighted by Crippen LogP contribution is 2.39. The molecule has 5 nitrogen and oxygen atoms in total. The number of carbonyl (C=O) groups excluding carboxylic acids is 2. The average Bonchev–Trinajstić information content (AvgIpc) is 2.52. The van der Waals surface area contributed by atoms with Crippen molar-refractivity contribution in [1.29, 1.82) is 0 Å². The summed E-state index contributed by atoms with van der Waals surface area (Å²) in [6.07, 6.45) is -8.68. The zero-order valence-corrected chi connectivity index (χ0v) is 15.4. The number of nitrogens with one attached hydrogen (secondary N) is 1. The molecule has 10 heteroatoms. The van der Waals surface area contributed by atoms with Gasteiger partial charge in [0.25, 0.3) is 6.43 Å². The largest absolute Gasteiger partial charge is 0.463 e. The number of hydrogen-bond donors (Lipinski definition) is 1. The van der Waals surface area contributed by atoms with Gasteiger partial charge in [-0.05, 0) is 31.8 Å². The Labute approximate surface area is 153 Å². The first-order valence-electron chi connectivity index (χ1n) is 8.38. The van der Waals surface area contributed by atoms with Gasteiger partial charge < -0.3 is 14.8 Å². The SMILES string of the molecule is CCOC(=O)C1=C(C(F)F)NC(C(F)(F)F)C(C(=O)OCC)=C1CC(C)C. The first kappa shape index (κ1) is 22.9. The normalized spacial score (nSPS) is 18.1. The van der Waals surface area contributed by atoms with Crippen molar-refractivity contribution in [2.24, 2.45) is 5.92 Å². The molecule has 0 bridgehead atoms. The van der Waals surface area contributed by atoms with Gasteiger partial charge >= 0.3 is 18.1 Å². The fourth-order valence-electron chi connectivity index (χ4n) is 2.70. The van der Waals surface area contributed by atoms with Crippen LogP contribution in [0.2, 0.25) is 0 Å². The van der Waals surface area contributed by atoms with Crippen molar-refractivity contribution in [2.45, 2.75) is 52.8 Å². The van der Waals surface area contributed by atoms with Crippen molar-refractivity contribution in [3.8, 4) is 0 Å². The Hall–Kier alpha value is -2.13. The lowest BCUT2D eigenvalue weighted by Crippen LogP contribution is -2.50. The van der Waals surface area contributed by atoms with E-state index in [0.717, 1.165) is 0 Å². The van der Waals surface area contributed by atoms with Gasteiger partial charge in [-0.3, -0.25) is 0 Å². The van der Waals surface area contributed by atoms with E-state index in [2.05, 4.69) is 0 Å². The van der Waals surface area contributed by atoms with Crippen LogP contribution < -0.4 is 5.32 Å². The zero-order valence-electron chi connectivity index (χ0n) is 15.4. The Balaban J connectivity index is 3.81. The van der Waals surface area contributed by atoms with Crippen molar-refractivity contribution < 1.29 is 41.0 Å². The standard InChI is InChI=1S/C17H22F5NO4/c1-5-26-15(24)10-9(7-8(3)4)11(16(25)27-6-2)13(17(20,21)22)23-12(10)14(18)19/h8,13-14,23H,5-7H2,1-4H3. The minimum Gasteiger partial charge on any atom is -0.463 e. The number of carbonyl (C=O) groups is 2. The number of rotatable bonds is 7. The first-order chi connectivity index (χ1) is 12.4. The van der Waals surface area contributed by atoms with E-state index in [1.807, 2.05) is 0 Å². The summed E-state index contributed by atoms with van der Waals surface area (Å²) >= 11 is 0. The summed E-state index contributed by atoms with van der Waals surface area (Å²) in [6, 6.07) is -2.72. The molecule has 0 fully saturated rings. The molecule has 0 amide bonds. The molecule has 0 aliphatic carbocycles. The van der Waals surface area contributed by atoms with Crippen LogP contribution in [0.25, 0.3) is 0 Å². The van der Waals surface area contributed by atoms with Gasteiger partial charge in [0.05, 0.1) is 30.1 Å². The van der Waals surface area contributed by atoms with Gasteiger partial charge in [-0.15, -0.1) is 0 Å². The summed E-state index contributed by atoms with van der Waals surface area (Å²) in [7, 11) is 0. The number of halogens is 5. The molecule has 0 radical (unpaired) electrons. The number of ether oxygens (including phenoxy) is 2. The Kier molecular flexibility index (Phi) is 7.79. The molecule has 0 aromatic carbocycles. The minimum atomic E-state index is -5.06. The number of alkyl halides is 5. The third-order valence-electron chi connectivity index (χ3n) is 3.62. The highest BCUT2D eigenvalue weighted by Gasteiger charge is 2.51. The van der Waals surface area contributed by atoms with Crippen LogP contribution >= 0.6 is 0 Å². The van der Waals surface area contributed by atoms with E-state index >= 15 is 0 Å². The summed E-state index contributed by atoms with van der Waals surface area (Å²) in [5.74, 6) is -2.88. The molecular formula is C17H22F5NO4. The van der Waals surface area contributed by atoms with Gasteiger partial charge in [-0.2, -0.15) is 13.2 Å². The first-order valence-corrected chi connectivity index (χ1v) is 8.38. The molecule has 1 rings (SSSR count). The lowest BCUT2D eigenvalue weighted by atomic mass is 9.84. The third kappa shape index (κ3) is 5.43. The predicted molar refractivity (Wildman–Crippen MR) is 85.8 cm³/mol. The van der Waals surface area contributed by atoms with Gasteiger partial charge in [-0.1, -0.05) is 13.8 Å². The number of hydrogen-bond acceptors (Lipinski definition) is 5. The third-order valence-corrected chi connectivity index (χ3v) is 3.62. The van der Waals surface area contributed by atoms with Crippen LogP contribution in [0.5, 0.6) is 0 Å². The maximum atomic E-state index is 13.5. The lowest BCUT2D eigenvalue weighted by Gasteiger charge is -2.33. The molecule has 0 aromatic rings. The Morgan fingerprint density at radius 3 is 2.00 bits per heavy atom. The maximum Gasteiger partial charge on any atom is 0.413 e. The molecule has 1 atom stereocenters. The van der Waals surface area contributed by atoms with Gasteiger partial charge in [0.1, 0.15) is 0 Å². The van der Waals surface area contributed by atoms with E-state index in [1.165, 1.54) is 13.8 Å². The van der Waals surface area contributed by atoms with Crippen molar-refractivity contribution in [3.05, 3.63) is 22.4 Å². The second-order valence-electron chi connectivity index (χ2n) is 6.14. The second kappa shape index (κ2) is 9.18. The molecule has 1 aliphatic heterocycles. The van der Waals surface area contributed by atoms with E-state index < -0.39 is 53.0 Å². The smallest absolute Gasteiger partial charge is 0.413 e. The van der Waals surface area contributed by atoms with Crippen LogP contribution in [-0.2, 0) is 19.1 Å². The summed E-state index contributed by atoms with van der Waals surface area (Å²) in [5.41, 5.74) is -3.28. The monoisotopic (exact) mass is 399 g/mol. The van der Waals surface area contributed by atoms with Gasteiger partial charge in [-0.25, -0.2) is 18.4 Å². The summed E-state index contributed by atoms with van der Waals surface area (Å²) < 4.78 is 77.0. The fourth-order valence-corrected chi connectivity index (χ4v) is 2.70. The van der Waals surface area contributed by atoms with Crippen LogP contribution in [0.3, 0.4) is 0 Å². The minimum absolute atomic E-state index is 0.175. The molecule has 1 heterocycles. The van der Waals surface area contributed by atoms with Crippen LogP contribution in [-0.4, -0.2) is 43.8 Å². The molecule has 154 valence electrons. The predicted octanol–water partition coefficient (Wildman–Crippen LogP) is 3.51. The summed E-state index contributed by atoms with van der Waals surface area (Å²) in [5, 5.41) is 1.62. The lowest BCUT2D eigenvalue weighted by molar-refractivity contribution is -0.158. The average molecular weight is 399 g/mol. The molecule has 1 unspecified atom stereocenters. The van der Waals surface area contributed by atoms with Gasteiger partial charge in [0.2, 0.25) is 0 Å². The summed E-state index contributed by atoms with van der Waals surface area (Å²) in [6.45, 7) is 5.66. The number of esters is 2. The second-order valence-corrected chi connectivity index (χ2v) is 6.14. The number of dihydropyridines is 1. The van der Waals surface area contributed by atoms with Gasteiger partial charge in [0.15, 0.2) is 6.04 Å². The van der Waals surface area contributed by atoms with E-state index in [0.29, 0.717) is 0 Å². The highest BCUT2D eigenvalue weighted by atomic mass is 19.4. The Morgan fingerprint density at radius 2 is 1.59 bits per heavy atom. The number of allylic oxidation sites excluding steroid dienone is 1. The van der Waals surface area contributed by atoms with E-state index in [-0.39, 0.29) is 25.6 Å². The Morgan fingerprint density at radius 1 is 1.07 bits per heavy atom. The molecule has 0 spiro atoms. The Bertz CT molecular complexity index is 638. The molecular weight excluding hydrogens is 377 g/mol. The van der Waals surface area contributed by atoms with E-state index in [9.17, 15) is 31.5 Å². The van der Waals surface area contributed by atoms with Crippen LogP contribution in [0.15, 0.2) is 22.4 Å². The molecule has 0 aromatic heterocycles. The molecule has 0 saturated heterocycles. The molecule has 27 heavy (non-hydrogen) atoms. The highest BCUT2D eigenvalue weighted by molar-refractivity contribution is 6.01. The van der Waals surface area contributed by atoms with Crippen molar-refractivity contribution in [2.75, 3.05) is 13.2 Å². The van der Waals surface area contributed by atoms with Gasteiger partial charge in [0, 0.05) is 0 Å². The quantitative estimate of drug-likeness (QED) is 0.524. The topological polar surface area (TPSA) is 64.6 Å². The van der Waals surface area contributed by atoms with E-state index in [4.69, 9.17) is 9.47 Å². The van der Waals surface area contributed by atoms with Crippen molar-refractivity contribution in [3.63, 3.8) is 0 Å². The maximum absolute atomic E-state index is 13.5. The summed E-state index contributed by atoms with van der Waals surface area (Å²) in [4.78, 5) is 24.5. The molecule has 1 N–H and O–H groups in total. The van der Waals surface area contributed by atoms with Crippen LogP contribution in [0.4, 0.5) is 22.0 Å². The fraction of sp³-hybridized carbons (Fsp3) is 0.647. The van der Waals surface area contributed by atoms with Crippen molar-refractivity contribution in [1.82, 2.24) is 5.32 Å². The van der Waals surface area contributed by atoms with E-state index in [1.54, 1.807) is 19.2 Å². The van der Waals surface area contributed by atoms with Crippen LogP contribution in [0.1, 0.15) is 34.1 Å². The molecule has 0 saturated carbocycles. The van der Waals surface area contributed by atoms with Crippen molar-refractivity contribution >= 4 is 11.9 Å². The molecule has 1 aliphatic rings. The van der Waals surface area contributed by atoms with Crippen LogP contribution in [0, 0.1) is 5.92 Å².